The fourth-order valence-corrected chi connectivity index (χ4v) is 2.11. The van der Waals surface area contributed by atoms with Crippen LogP contribution in [0.1, 0.15) is 11.1 Å². The highest BCUT2D eigenvalue weighted by Gasteiger charge is 2.31. The highest BCUT2D eigenvalue weighted by atomic mass is 32.2. The summed E-state index contributed by atoms with van der Waals surface area (Å²) in [4.78, 5) is 1.77. The van der Waals surface area contributed by atoms with Gasteiger partial charge in [0.15, 0.2) is 5.84 Å². The Bertz CT molecular complexity index is 491. The molecule has 1 aromatic carbocycles. The maximum atomic E-state index is 12.7. The number of oxime groups is 1. The quantitative estimate of drug-likeness (QED) is 0.380. The lowest BCUT2D eigenvalue weighted by Gasteiger charge is -2.22. The van der Waals surface area contributed by atoms with Gasteiger partial charge in [-0.05, 0) is 24.5 Å². The monoisotopic (exact) mass is 307 g/mol. The zero-order chi connectivity index (χ0) is 15.3. The zero-order valence-corrected chi connectivity index (χ0v) is 11.9. The first-order valence-electron chi connectivity index (χ1n) is 5.70. The standard InChI is InChI=1S/C12H16F3N3OS/c1-18(5-6-20-2)10-4-3-8(12(13,14)15)7-9(10)11(16)17-19/h3-4,7,19H,5-6H2,1-2H3,(H2,16,17). The molecule has 3 N–H and O–H groups in total. The van der Waals surface area contributed by atoms with Gasteiger partial charge >= 0.3 is 6.18 Å². The number of nitrogens with zero attached hydrogens (tertiary/aromatic N) is 2. The molecule has 0 bridgehead atoms. The summed E-state index contributed by atoms with van der Waals surface area (Å²) in [6.07, 6.45) is -2.54. The van der Waals surface area contributed by atoms with E-state index in [9.17, 15) is 13.2 Å². The minimum Gasteiger partial charge on any atom is -0.409 e. The third-order valence-corrected chi connectivity index (χ3v) is 3.34. The zero-order valence-electron chi connectivity index (χ0n) is 11.1. The molecule has 112 valence electrons. The lowest BCUT2D eigenvalue weighted by Crippen LogP contribution is -2.25. The first-order chi connectivity index (χ1) is 9.31. The van der Waals surface area contributed by atoms with Crippen LogP contribution in [-0.4, -0.2) is 36.6 Å². The molecule has 0 atom stereocenters. The highest BCUT2D eigenvalue weighted by Crippen LogP contribution is 2.32. The van der Waals surface area contributed by atoms with Gasteiger partial charge < -0.3 is 15.8 Å². The van der Waals surface area contributed by atoms with Crippen molar-refractivity contribution in [2.24, 2.45) is 10.9 Å². The number of thioether (sulfide) groups is 1. The van der Waals surface area contributed by atoms with Gasteiger partial charge in [0, 0.05) is 30.6 Å². The average Bonchev–Trinajstić information content (AvgIpc) is 2.42. The van der Waals surface area contributed by atoms with Crippen molar-refractivity contribution in [2.75, 3.05) is 30.5 Å². The molecular weight excluding hydrogens is 291 g/mol. The third-order valence-electron chi connectivity index (χ3n) is 2.75. The molecule has 20 heavy (non-hydrogen) atoms. The Labute approximate surface area is 119 Å². The Morgan fingerprint density at radius 3 is 2.60 bits per heavy atom. The number of halogens is 3. The summed E-state index contributed by atoms with van der Waals surface area (Å²) in [7, 11) is 1.74. The molecule has 0 amide bonds. The van der Waals surface area contributed by atoms with Crippen molar-refractivity contribution in [3.05, 3.63) is 29.3 Å². The molecule has 0 saturated carbocycles. The van der Waals surface area contributed by atoms with E-state index < -0.39 is 11.7 Å². The van der Waals surface area contributed by atoms with Crippen LogP contribution < -0.4 is 10.6 Å². The van der Waals surface area contributed by atoms with Crippen molar-refractivity contribution >= 4 is 23.3 Å². The normalized spacial score (nSPS) is 12.6. The van der Waals surface area contributed by atoms with E-state index in [1.54, 1.807) is 23.7 Å². The number of nitrogens with two attached hydrogens (primary N) is 1. The molecule has 1 rings (SSSR count). The second kappa shape index (κ2) is 6.74. The smallest absolute Gasteiger partial charge is 0.409 e. The van der Waals surface area contributed by atoms with Gasteiger partial charge in [-0.1, -0.05) is 5.16 Å². The number of benzene rings is 1. The number of hydrogen-bond acceptors (Lipinski definition) is 4. The Balaban J connectivity index is 3.24. The number of alkyl halides is 3. The van der Waals surface area contributed by atoms with Gasteiger partial charge in [-0.15, -0.1) is 0 Å². The SMILES string of the molecule is CSCCN(C)c1ccc(C(F)(F)F)cc1/C(N)=N/O. The number of rotatable bonds is 5. The second-order valence-corrected chi connectivity index (χ2v) is 5.11. The third kappa shape index (κ3) is 3.96. The largest absolute Gasteiger partial charge is 0.416 e. The van der Waals surface area contributed by atoms with Crippen LogP contribution in [0.3, 0.4) is 0 Å². The molecule has 0 fully saturated rings. The van der Waals surface area contributed by atoms with Crippen LogP contribution in [0, 0.1) is 0 Å². The van der Waals surface area contributed by atoms with E-state index in [4.69, 9.17) is 10.9 Å². The fourth-order valence-electron chi connectivity index (χ4n) is 1.65. The van der Waals surface area contributed by atoms with Gasteiger partial charge in [-0.2, -0.15) is 24.9 Å². The van der Waals surface area contributed by atoms with Crippen molar-refractivity contribution < 1.29 is 18.4 Å². The summed E-state index contributed by atoms with van der Waals surface area (Å²) in [5.41, 5.74) is 5.19. The minimum atomic E-state index is -4.47. The molecule has 8 heteroatoms. The van der Waals surface area contributed by atoms with E-state index in [0.717, 1.165) is 17.9 Å². The molecule has 0 spiro atoms. The first kappa shape index (κ1) is 16.5. The van der Waals surface area contributed by atoms with Gasteiger partial charge in [0.05, 0.1) is 5.56 Å². The molecule has 0 aliphatic carbocycles. The Kier molecular flexibility index (Phi) is 5.55. The number of hydrogen-bond donors (Lipinski definition) is 2. The Hall–Kier alpha value is -1.57. The predicted octanol–water partition coefficient (Wildman–Crippen LogP) is 2.60. The number of amidine groups is 1. The van der Waals surface area contributed by atoms with Crippen LogP contribution in [0.5, 0.6) is 0 Å². The van der Waals surface area contributed by atoms with E-state index in [-0.39, 0.29) is 11.4 Å². The highest BCUT2D eigenvalue weighted by molar-refractivity contribution is 7.98. The Morgan fingerprint density at radius 1 is 1.45 bits per heavy atom. The summed E-state index contributed by atoms with van der Waals surface area (Å²) >= 11 is 1.62. The van der Waals surface area contributed by atoms with Crippen LogP contribution in [0.15, 0.2) is 23.4 Å². The van der Waals surface area contributed by atoms with E-state index in [0.29, 0.717) is 12.2 Å². The van der Waals surface area contributed by atoms with Gasteiger partial charge in [0.1, 0.15) is 0 Å². The van der Waals surface area contributed by atoms with Crippen LogP contribution >= 0.6 is 11.8 Å². The molecular formula is C12H16F3N3OS. The molecule has 0 unspecified atom stereocenters. The lowest BCUT2D eigenvalue weighted by atomic mass is 10.1. The van der Waals surface area contributed by atoms with Crippen molar-refractivity contribution in [3.63, 3.8) is 0 Å². The maximum Gasteiger partial charge on any atom is 0.416 e. The van der Waals surface area contributed by atoms with Crippen molar-refractivity contribution in [1.29, 1.82) is 0 Å². The van der Waals surface area contributed by atoms with Gasteiger partial charge in [-0.25, -0.2) is 0 Å². The molecule has 0 aliphatic rings. The van der Waals surface area contributed by atoms with Crippen LogP contribution in [0.2, 0.25) is 0 Å². The molecule has 4 nitrogen and oxygen atoms in total. The molecule has 1 aromatic rings. The average molecular weight is 307 g/mol. The Morgan fingerprint density at radius 2 is 2.10 bits per heavy atom. The summed E-state index contributed by atoms with van der Waals surface area (Å²) in [5.74, 6) is 0.467. The van der Waals surface area contributed by atoms with E-state index in [1.165, 1.54) is 6.07 Å². The van der Waals surface area contributed by atoms with E-state index in [2.05, 4.69) is 5.16 Å². The van der Waals surface area contributed by atoms with E-state index in [1.807, 2.05) is 6.26 Å². The number of anilines is 1. The summed E-state index contributed by atoms with van der Waals surface area (Å²) in [6, 6.07) is 3.20. The molecule has 0 radical (unpaired) electrons. The summed E-state index contributed by atoms with van der Waals surface area (Å²) < 4.78 is 38.1. The van der Waals surface area contributed by atoms with Crippen LogP contribution in [0.25, 0.3) is 0 Å². The topological polar surface area (TPSA) is 61.8 Å². The summed E-state index contributed by atoms with van der Waals surface area (Å²) in [5, 5.41) is 11.5. The lowest BCUT2D eigenvalue weighted by molar-refractivity contribution is -0.137. The fraction of sp³-hybridized carbons (Fsp3) is 0.417. The maximum absolute atomic E-state index is 12.7. The van der Waals surface area contributed by atoms with E-state index >= 15 is 0 Å². The van der Waals surface area contributed by atoms with Crippen LogP contribution in [0.4, 0.5) is 18.9 Å². The summed E-state index contributed by atoms with van der Waals surface area (Å²) in [6.45, 7) is 0.637. The predicted molar refractivity (Wildman–Crippen MR) is 75.6 cm³/mol. The van der Waals surface area contributed by atoms with Crippen molar-refractivity contribution in [3.8, 4) is 0 Å². The van der Waals surface area contributed by atoms with Gasteiger partial charge in [0.2, 0.25) is 0 Å². The van der Waals surface area contributed by atoms with Crippen molar-refractivity contribution in [2.45, 2.75) is 6.18 Å². The second-order valence-electron chi connectivity index (χ2n) is 4.13. The van der Waals surface area contributed by atoms with Crippen molar-refractivity contribution in [1.82, 2.24) is 0 Å². The molecule has 0 aliphatic heterocycles. The van der Waals surface area contributed by atoms with Gasteiger partial charge in [-0.3, -0.25) is 0 Å². The molecule has 0 saturated heterocycles. The minimum absolute atomic E-state index is 0.0610. The first-order valence-corrected chi connectivity index (χ1v) is 7.10. The molecule has 0 heterocycles. The van der Waals surface area contributed by atoms with Crippen LogP contribution in [-0.2, 0) is 6.18 Å². The molecule has 0 aromatic heterocycles. The van der Waals surface area contributed by atoms with Gasteiger partial charge in [0.25, 0.3) is 0 Å².